The number of H-pyrrole nitrogens is 1. The van der Waals surface area contributed by atoms with E-state index in [4.69, 9.17) is 18.9 Å². The smallest absolute Gasteiger partial charge is 0.493 e. The van der Waals surface area contributed by atoms with Crippen molar-refractivity contribution in [1.29, 1.82) is 0 Å². The molecule has 0 radical (unpaired) electrons. The first-order chi connectivity index (χ1) is 17.1. The van der Waals surface area contributed by atoms with Gasteiger partial charge in [-0.2, -0.15) is 0 Å². The predicted molar refractivity (Wildman–Crippen MR) is 133 cm³/mol. The van der Waals surface area contributed by atoms with Gasteiger partial charge in [0.2, 0.25) is 0 Å². The van der Waals surface area contributed by atoms with Crippen LogP contribution in [0.25, 0.3) is 32.5 Å². The van der Waals surface area contributed by atoms with Gasteiger partial charge in [0.1, 0.15) is 16.9 Å². The molecule has 0 atom stereocenters. The van der Waals surface area contributed by atoms with E-state index in [1.165, 1.54) is 10.3 Å². The average molecular weight is 516 g/mol. The molecule has 0 aliphatic rings. The lowest BCUT2D eigenvalue weighted by Gasteiger charge is -2.09. The summed E-state index contributed by atoms with van der Waals surface area (Å²) in [6, 6.07) is 22.0. The van der Waals surface area contributed by atoms with E-state index < -0.39 is 7.25 Å². The molecular formula is C25H21BF4N2O3S. The Labute approximate surface area is 207 Å². The quantitative estimate of drug-likeness (QED) is 0.191. The topological polar surface area (TPSA) is 58.1 Å². The van der Waals surface area contributed by atoms with E-state index in [0.29, 0.717) is 17.3 Å². The first-order valence-corrected chi connectivity index (χ1v) is 11.6. The monoisotopic (exact) mass is 516 g/mol. The summed E-state index contributed by atoms with van der Waals surface area (Å²) in [4.78, 5) is 8.36. The van der Waals surface area contributed by atoms with Crippen molar-refractivity contribution < 1.29 is 36.1 Å². The molecule has 0 spiro atoms. The van der Waals surface area contributed by atoms with Crippen molar-refractivity contribution in [2.45, 2.75) is 6.92 Å². The van der Waals surface area contributed by atoms with Crippen LogP contribution in [0.4, 0.5) is 22.4 Å². The van der Waals surface area contributed by atoms with E-state index in [1.807, 2.05) is 48.5 Å². The van der Waals surface area contributed by atoms with Crippen LogP contribution < -0.4 is 19.8 Å². The summed E-state index contributed by atoms with van der Waals surface area (Å²) >= 11 is 1.64. The molecule has 0 aliphatic heterocycles. The molecule has 0 saturated heterocycles. The lowest BCUT2D eigenvalue weighted by atomic mass is 10.1. The van der Waals surface area contributed by atoms with E-state index in [-0.39, 0.29) is 0 Å². The molecule has 11 heteroatoms. The van der Waals surface area contributed by atoms with Gasteiger partial charge in [0, 0.05) is 11.6 Å². The second kappa shape index (κ2) is 10.4. The van der Waals surface area contributed by atoms with Crippen molar-refractivity contribution in [3.05, 3.63) is 77.7 Å². The lowest BCUT2D eigenvalue weighted by molar-refractivity contribution is -0.323. The second-order valence-corrected chi connectivity index (χ2v) is 8.73. The van der Waals surface area contributed by atoms with E-state index in [1.54, 1.807) is 25.6 Å². The summed E-state index contributed by atoms with van der Waals surface area (Å²) in [5.41, 5.74) is 3.97. The zero-order chi connectivity index (χ0) is 25.9. The molecule has 5 nitrogen and oxygen atoms in total. The molecule has 0 fully saturated rings. The Kier molecular flexibility index (Phi) is 7.30. The fourth-order valence-corrected chi connectivity index (χ4v) is 4.55. The number of hydrogen-bond acceptors (Lipinski definition) is 5. The van der Waals surface area contributed by atoms with Gasteiger partial charge in [0.25, 0.3) is 0 Å². The van der Waals surface area contributed by atoms with Crippen LogP contribution in [-0.4, -0.2) is 21.5 Å². The number of methoxy groups -OCH3 is 2. The number of nitrogens with zero attached hydrogens (tertiary/aromatic N) is 1. The third-order valence-electron chi connectivity index (χ3n) is 5.13. The summed E-state index contributed by atoms with van der Waals surface area (Å²) in [5, 5.41) is 2.63. The van der Waals surface area contributed by atoms with E-state index in [2.05, 4.69) is 30.1 Å². The molecular weight excluding hydrogens is 495 g/mol. The Morgan fingerprint density at radius 1 is 0.889 bits per heavy atom. The number of thiazole rings is 1. The van der Waals surface area contributed by atoms with Crippen molar-refractivity contribution >= 4 is 44.9 Å². The Hall–Kier alpha value is -3.86. The maximum absolute atomic E-state index is 9.75. The Balaban J connectivity index is 0.000000556. The van der Waals surface area contributed by atoms with Crippen molar-refractivity contribution in [1.82, 2.24) is 0 Å². The van der Waals surface area contributed by atoms with Gasteiger partial charge >= 0.3 is 12.4 Å². The van der Waals surface area contributed by atoms with Crippen LogP contribution in [0.2, 0.25) is 0 Å². The summed E-state index contributed by atoms with van der Waals surface area (Å²) in [6.45, 7) is 2.09. The normalized spacial score (nSPS) is 11.9. The molecule has 0 aliphatic carbocycles. The Bertz CT molecular complexity index is 1590. The fraction of sp³-hybridized carbons (Fsp3) is 0.120. The molecule has 2 aromatic heterocycles. The molecule has 0 saturated carbocycles. The molecule has 5 rings (SSSR count). The third-order valence-corrected chi connectivity index (χ3v) is 6.07. The van der Waals surface area contributed by atoms with E-state index >= 15 is 0 Å². The molecule has 2 heterocycles. The van der Waals surface area contributed by atoms with Gasteiger partial charge in [-0.3, -0.25) is 0 Å². The molecule has 3 aromatic carbocycles. The van der Waals surface area contributed by atoms with Crippen LogP contribution in [0, 0.1) is 6.92 Å². The zero-order valence-corrected chi connectivity index (χ0v) is 20.3. The number of para-hydroxylation sites is 1. The Morgan fingerprint density at radius 2 is 1.61 bits per heavy atom. The largest absolute Gasteiger partial charge is 0.673 e. The standard InChI is InChI=1S/C25H20N2O3S.BF4/c1-15-8-10-18-24(12-15)31-25(26-18)27-19-14-22(30-20-7-5-4-6-17(19)20)16-9-11-21(28-2)23(13-16)29-3;2-1(3,4)5/h4-14H,1-3H3;/q;-1/p+1. The molecule has 5 aromatic rings. The molecule has 0 amide bonds. The fourth-order valence-electron chi connectivity index (χ4n) is 3.56. The highest BCUT2D eigenvalue weighted by molar-refractivity contribution is 7.21. The summed E-state index contributed by atoms with van der Waals surface area (Å²) in [6.07, 6.45) is 0. The van der Waals surface area contributed by atoms with Gasteiger partial charge in [-0.1, -0.05) is 18.2 Å². The van der Waals surface area contributed by atoms with Crippen LogP contribution in [0.3, 0.4) is 0 Å². The minimum atomic E-state index is -6.00. The highest BCUT2D eigenvalue weighted by Gasteiger charge is 2.20. The minimum absolute atomic E-state index is 0.648. The van der Waals surface area contributed by atoms with Crippen LogP contribution in [0.1, 0.15) is 5.56 Å². The van der Waals surface area contributed by atoms with Gasteiger partial charge in [-0.25, -0.2) is 4.98 Å². The number of fused-ring (bicyclic) bond motifs is 2. The second-order valence-electron chi connectivity index (χ2n) is 7.70. The van der Waals surface area contributed by atoms with Crippen LogP contribution >= 0.6 is 11.3 Å². The van der Waals surface area contributed by atoms with Crippen molar-refractivity contribution in [3.8, 4) is 22.8 Å². The number of hydrogen-bond donors (Lipinski definition) is 0. The van der Waals surface area contributed by atoms with Crippen molar-refractivity contribution in [2.24, 2.45) is 4.99 Å². The molecule has 186 valence electrons. The molecule has 36 heavy (non-hydrogen) atoms. The number of aromatic nitrogens is 1. The van der Waals surface area contributed by atoms with E-state index in [0.717, 1.165) is 32.5 Å². The highest BCUT2D eigenvalue weighted by atomic mass is 32.1. The minimum Gasteiger partial charge on any atom is -0.493 e. The number of aryl methyl sites for hydroxylation is 1. The van der Waals surface area contributed by atoms with Gasteiger partial charge in [-0.05, 0) is 71.3 Å². The lowest BCUT2D eigenvalue weighted by Crippen LogP contribution is -2.06. The predicted octanol–water partition coefficient (Wildman–Crippen LogP) is 6.99. The zero-order valence-electron chi connectivity index (χ0n) is 19.5. The number of halogens is 4. The SMILES string of the molecule is COc1ccc(-c2cc(=Nc3[nH+]c4ccc(C)cc4s3)c3ccccc3o2)cc1OC.F[B-](F)(F)F. The maximum atomic E-state index is 9.75. The number of nitrogens with one attached hydrogen (secondary N) is 1. The van der Waals surface area contributed by atoms with Crippen molar-refractivity contribution in [3.63, 3.8) is 0 Å². The van der Waals surface area contributed by atoms with Crippen LogP contribution in [0.15, 0.2) is 76.1 Å². The Morgan fingerprint density at radius 3 is 2.33 bits per heavy atom. The van der Waals surface area contributed by atoms with E-state index in [9.17, 15) is 17.3 Å². The van der Waals surface area contributed by atoms with Gasteiger partial charge in [0.05, 0.1) is 24.3 Å². The average Bonchev–Trinajstić information content (AvgIpc) is 3.23. The third kappa shape index (κ3) is 6.03. The summed E-state index contributed by atoms with van der Waals surface area (Å²) in [7, 11) is -2.75. The van der Waals surface area contributed by atoms with Gasteiger partial charge in [0.15, 0.2) is 16.9 Å². The molecule has 1 N–H and O–H groups in total. The first-order valence-electron chi connectivity index (χ1n) is 10.7. The molecule has 0 unspecified atom stereocenters. The number of rotatable bonds is 4. The number of aromatic amines is 1. The van der Waals surface area contributed by atoms with Gasteiger partial charge in [-0.15, -0.1) is 0 Å². The first kappa shape index (κ1) is 25.2. The maximum Gasteiger partial charge on any atom is 0.673 e. The van der Waals surface area contributed by atoms with Crippen LogP contribution in [0.5, 0.6) is 11.5 Å². The van der Waals surface area contributed by atoms with Crippen LogP contribution in [-0.2, 0) is 0 Å². The molecule has 0 bridgehead atoms. The van der Waals surface area contributed by atoms with Gasteiger partial charge < -0.3 is 31.2 Å². The number of ether oxygens (including phenoxy) is 2. The number of benzene rings is 3. The highest BCUT2D eigenvalue weighted by Crippen LogP contribution is 2.33. The summed E-state index contributed by atoms with van der Waals surface area (Å²) < 4.78 is 57.2. The van der Waals surface area contributed by atoms with Crippen molar-refractivity contribution in [2.75, 3.05) is 14.2 Å². The summed E-state index contributed by atoms with van der Waals surface area (Å²) in [5.74, 6) is 2.03.